The molecule has 1 aromatic carbocycles. The first-order chi connectivity index (χ1) is 8.63. The number of hydrogen-bond acceptors (Lipinski definition) is 3. The zero-order valence-electron chi connectivity index (χ0n) is 11.4. The molecule has 0 aliphatic heterocycles. The summed E-state index contributed by atoms with van der Waals surface area (Å²) in [5, 5.41) is 6.54. The summed E-state index contributed by atoms with van der Waals surface area (Å²) in [6, 6.07) is 4.94. The third-order valence-electron chi connectivity index (χ3n) is 2.61. The fraction of sp³-hybridized carbons (Fsp3) is 0.571. The topological polar surface area (TPSA) is 33.3 Å². The van der Waals surface area contributed by atoms with E-state index in [0.29, 0.717) is 23.8 Å². The van der Waals surface area contributed by atoms with Crippen LogP contribution in [0.2, 0.25) is 0 Å². The quantitative estimate of drug-likeness (QED) is 0.698. The molecule has 0 aliphatic carbocycles. The molecule has 102 valence electrons. The molecule has 0 bridgehead atoms. The Kier molecular flexibility index (Phi) is 6.68. The predicted molar refractivity (Wildman–Crippen MR) is 72.4 cm³/mol. The second kappa shape index (κ2) is 8.06. The van der Waals surface area contributed by atoms with Gasteiger partial charge in [-0.25, -0.2) is 4.39 Å². The largest absolute Gasteiger partial charge is 0.497 e. The van der Waals surface area contributed by atoms with Crippen molar-refractivity contribution in [2.45, 2.75) is 20.4 Å². The Balaban J connectivity index is 2.23. The molecule has 4 heteroatoms. The average molecular weight is 254 g/mol. The third kappa shape index (κ3) is 5.47. The van der Waals surface area contributed by atoms with Crippen molar-refractivity contribution in [1.29, 1.82) is 0 Å². The molecule has 0 radical (unpaired) electrons. The molecule has 3 nitrogen and oxygen atoms in total. The first-order valence-corrected chi connectivity index (χ1v) is 6.37. The van der Waals surface area contributed by atoms with Crippen molar-refractivity contribution in [3.63, 3.8) is 0 Å². The number of ether oxygens (including phenoxy) is 1. The summed E-state index contributed by atoms with van der Waals surface area (Å²) in [6.45, 7) is 7.63. The van der Waals surface area contributed by atoms with E-state index in [4.69, 9.17) is 4.74 Å². The Morgan fingerprint density at radius 2 is 1.94 bits per heavy atom. The van der Waals surface area contributed by atoms with Gasteiger partial charge in [0.2, 0.25) is 0 Å². The van der Waals surface area contributed by atoms with Gasteiger partial charge in [-0.05, 0) is 18.5 Å². The van der Waals surface area contributed by atoms with Crippen molar-refractivity contribution in [1.82, 2.24) is 10.6 Å². The zero-order chi connectivity index (χ0) is 13.4. The van der Waals surface area contributed by atoms with Crippen LogP contribution in [0.3, 0.4) is 0 Å². The van der Waals surface area contributed by atoms with Crippen molar-refractivity contribution >= 4 is 0 Å². The molecule has 0 saturated carbocycles. The highest BCUT2D eigenvalue weighted by molar-refractivity contribution is 5.28. The van der Waals surface area contributed by atoms with Crippen LogP contribution in [0.25, 0.3) is 0 Å². The summed E-state index contributed by atoms with van der Waals surface area (Å²) in [5.41, 5.74) is 0.666. The van der Waals surface area contributed by atoms with Crippen molar-refractivity contribution in [2.24, 2.45) is 5.92 Å². The van der Waals surface area contributed by atoms with Crippen LogP contribution in [0.15, 0.2) is 18.2 Å². The Morgan fingerprint density at radius 1 is 1.22 bits per heavy atom. The Bertz CT molecular complexity index is 356. The maximum Gasteiger partial charge on any atom is 0.131 e. The van der Waals surface area contributed by atoms with Crippen LogP contribution in [0, 0.1) is 11.7 Å². The predicted octanol–water partition coefficient (Wildman–Crippen LogP) is 2.17. The van der Waals surface area contributed by atoms with Crippen LogP contribution in [-0.2, 0) is 6.54 Å². The minimum absolute atomic E-state index is 0.225. The van der Waals surface area contributed by atoms with Gasteiger partial charge in [0.05, 0.1) is 7.11 Å². The lowest BCUT2D eigenvalue weighted by Gasteiger charge is -2.09. The molecule has 0 fully saturated rings. The van der Waals surface area contributed by atoms with E-state index in [2.05, 4.69) is 24.5 Å². The van der Waals surface area contributed by atoms with Crippen LogP contribution >= 0.6 is 0 Å². The van der Waals surface area contributed by atoms with E-state index in [0.717, 1.165) is 19.6 Å². The Labute approximate surface area is 109 Å². The number of hydrogen-bond donors (Lipinski definition) is 2. The monoisotopic (exact) mass is 254 g/mol. The summed E-state index contributed by atoms with van der Waals surface area (Å²) in [6.07, 6.45) is 0. The molecule has 0 aliphatic rings. The fourth-order valence-corrected chi connectivity index (χ4v) is 1.59. The van der Waals surface area contributed by atoms with E-state index < -0.39 is 0 Å². The molecule has 1 rings (SSSR count). The van der Waals surface area contributed by atoms with Gasteiger partial charge in [-0.15, -0.1) is 0 Å². The lowest BCUT2D eigenvalue weighted by Crippen LogP contribution is -2.29. The van der Waals surface area contributed by atoms with Gasteiger partial charge in [-0.1, -0.05) is 19.9 Å². The van der Waals surface area contributed by atoms with E-state index in [1.54, 1.807) is 12.1 Å². The van der Waals surface area contributed by atoms with Crippen molar-refractivity contribution in [3.8, 4) is 5.75 Å². The number of nitrogens with one attached hydrogen (secondary N) is 2. The summed E-state index contributed by atoms with van der Waals surface area (Å²) in [5.74, 6) is 0.982. The van der Waals surface area contributed by atoms with Gasteiger partial charge >= 0.3 is 0 Å². The van der Waals surface area contributed by atoms with Crippen molar-refractivity contribution in [2.75, 3.05) is 26.7 Å². The first kappa shape index (κ1) is 14.9. The number of benzene rings is 1. The lowest BCUT2D eigenvalue weighted by atomic mass is 10.2. The van der Waals surface area contributed by atoms with E-state index >= 15 is 0 Å². The van der Waals surface area contributed by atoms with Crippen molar-refractivity contribution < 1.29 is 9.13 Å². The highest BCUT2D eigenvalue weighted by Gasteiger charge is 2.03. The third-order valence-corrected chi connectivity index (χ3v) is 2.61. The van der Waals surface area contributed by atoms with E-state index in [1.807, 2.05) is 0 Å². The maximum absolute atomic E-state index is 13.6. The normalized spacial score (nSPS) is 10.9. The van der Waals surface area contributed by atoms with Crippen LogP contribution in [-0.4, -0.2) is 26.7 Å². The SMILES string of the molecule is COc1ccc(CNCCNCC(C)C)c(F)c1. The van der Waals surface area contributed by atoms with Gasteiger partial charge in [0.1, 0.15) is 11.6 Å². The molecule has 1 aromatic rings. The van der Waals surface area contributed by atoms with Crippen LogP contribution in [0.5, 0.6) is 5.75 Å². The number of halogens is 1. The second-order valence-electron chi connectivity index (χ2n) is 4.73. The fourth-order valence-electron chi connectivity index (χ4n) is 1.59. The molecule has 0 amide bonds. The summed E-state index contributed by atoms with van der Waals surface area (Å²) in [4.78, 5) is 0. The van der Waals surface area contributed by atoms with Gasteiger partial charge in [-0.3, -0.25) is 0 Å². The molecule has 0 saturated heterocycles. The smallest absolute Gasteiger partial charge is 0.131 e. The highest BCUT2D eigenvalue weighted by atomic mass is 19.1. The summed E-state index contributed by atoms with van der Waals surface area (Å²) >= 11 is 0. The molecule has 0 aromatic heterocycles. The van der Waals surface area contributed by atoms with Crippen LogP contribution < -0.4 is 15.4 Å². The zero-order valence-corrected chi connectivity index (χ0v) is 11.4. The van der Waals surface area contributed by atoms with Gasteiger partial charge in [0.15, 0.2) is 0 Å². The van der Waals surface area contributed by atoms with Crippen LogP contribution in [0.1, 0.15) is 19.4 Å². The molecule has 0 spiro atoms. The first-order valence-electron chi connectivity index (χ1n) is 6.37. The second-order valence-corrected chi connectivity index (χ2v) is 4.73. The van der Waals surface area contributed by atoms with Crippen LogP contribution in [0.4, 0.5) is 4.39 Å². The molecule has 18 heavy (non-hydrogen) atoms. The Hall–Kier alpha value is -1.13. The Morgan fingerprint density at radius 3 is 2.56 bits per heavy atom. The maximum atomic E-state index is 13.6. The molecule has 0 atom stereocenters. The molecule has 0 unspecified atom stereocenters. The average Bonchev–Trinajstić information content (AvgIpc) is 2.34. The van der Waals surface area contributed by atoms with E-state index in [9.17, 15) is 4.39 Å². The molecular formula is C14H23FN2O. The molecule has 2 N–H and O–H groups in total. The molecular weight excluding hydrogens is 231 g/mol. The molecule has 0 heterocycles. The van der Waals surface area contributed by atoms with Gasteiger partial charge in [0.25, 0.3) is 0 Å². The van der Waals surface area contributed by atoms with E-state index in [-0.39, 0.29) is 5.82 Å². The van der Waals surface area contributed by atoms with Gasteiger partial charge in [-0.2, -0.15) is 0 Å². The lowest BCUT2D eigenvalue weighted by molar-refractivity contribution is 0.410. The highest BCUT2D eigenvalue weighted by Crippen LogP contribution is 2.15. The number of rotatable bonds is 8. The number of methoxy groups -OCH3 is 1. The summed E-state index contributed by atoms with van der Waals surface area (Å²) in [7, 11) is 1.53. The minimum Gasteiger partial charge on any atom is -0.497 e. The van der Waals surface area contributed by atoms with Gasteiger partial charge in [0, 0.05) is 31.3 Å². The summed E-state index contributed by atoms with van der Waals surface area (Å²) < 4.78 is 18.5. The van der Waals surface area contributed by atoms with Crippen molar-refractivity contribution in [3.05, 3.63) is 29.6 Å². The standard InChI is InChI=1S/C14H23FN2O/c1-11(2)9-16-6-7-17-10-12-4-5-13(18-3)8-14(12)15/h4-5,8,11,16-17H,6-7,9-10H2,1-3H3. The minimum atomic E-state index is -0.225. The van der Waals surface area contributed by atoms with Gasteiger partial charge < -0.3 is 15.4 Å². The van der Waals surface area contributed by atoms with E-state index in [1.165, 1.54) is 13.2 Å².